The third-order valence-corrected chi connectivity index (χ3v) is 7.93. The molecule has 0 aliphatic carbocycles. The SMILES string of the molecule is CCOc1ccc2nc(N3C(=O)C(=O)C(C(=O)c4ccc(C)cc4)C3c3ccc(C(C)(C)C)cc3)sc2c1. The van der Waals surface area contributed by atoms with E-state index in [1.165, 1.54) is 16.2 Å². The number of aromatic nitrogens is 1. The van der Waals surface area contributed by atoms with Gasteiger partial charge < -0.3 is 4.74 Å². The zero-order chi connectivity index (χ0) is 27.2. The van der Waals surface area contributed by atoms with E-state index in [9.17, 15) is 14.4 Å². The van der Waals surface area contributed by atoms with Crippen LogP contribution in [0.2, 0.25) is 0 Å². The van der Waals surface area contributed by atoms with Crippen LogP contribution in [-0.4, -0.2) is 29.1 Å². The first kappa shape index (κ1) is 25.8. The normalized spacial score (nSPS) is 17.9. The van der Waals surface area contributed by atoms with Gasteiger partial charge in [-0.15, -0.1) is 0 Å². The van der Waals surface area contributed by atoms with Crippen molar-refractivity contribution in [3.8, 4) is 5.75 Å². The van der Waals surface area contributed by atoms with Gasteiger partial charge in [-0.1, -0.05) is 86.2 Å². The zero-order valence-electron chi connectivity index (χ0n) is 22.1. The van der Waals surface area contributed by atoms with Gasteiger partial charge in [0.05, 0.1) is 22.9 Å². The molecule has 1 amide bonds. The van der Waals surface area contributed by atoms with Crippen LogP contribution in [0.3, 0.4) is 0 Å². The number of benzene rings is 3. The molecule has 4 aromatic rings. The van der Waals surface area contributed by atoms with Crippen LogP contribution in [0.5, 0.6) is 5.75 Å². The number of hydrogen-bond donors (Lipinski definition) is 0. The van der Waals surface area contributed by atoms with Crippen molar-refractivity contribution in [1.82, 2.24) is 4.98 Å². The maximum Gasteiger partial charge on any atom is 0.297 e. The van der Waals surface area contributed by atoms with Gasteiger partial charge in [0.15, 0.2) is 10.9 Å². The summed E-state index contributed by atoms with van der Waals surface area (Å²) >= 11 is 1.31. The van der Waals surface area contributed by atoms with Gasteiger partial charge in [0.25, 0.3) is 5.91 Å². The van der Waals surface area contributed by atoms with E-state index in [1.807, 2.05) is 68.4 Å². The molecule has 0 saturated carbocycles. The van der Waals surface area contributed by atoms with E-state index in [4.69, 9.17) is 9.72 Å². The van der Waals surface area contributed by atoms with Crippen LogP contribution in [0, 0.1) is 12.8 Å². The van der Waals surface area contributed by atoms with Gasteiger partial charge in [-0.3, -0.25) is 19.3 Å². The molecule has 7 heteroatoms. The van der Waals surface area contributed by atoms with E-state index in [-0.39, 0.29) is 11.2 Å². The first-order chi connectivity index (χ1) is 18.1. The first-order valence-electron chi connectivity index (χ1n) is 12.7. The largest absolute Gasteiger partial charge is 0.494 e. The van der Waals surface area contributed by atoms with Crippen LogP contribution in [0.15, 0.2) is 66.7 Å². The highest BCUT2D eigenvalue weighted by Gasteiger charge is 2.53. The molecule has 2 unspecified atom stereocenters. The van der Waals surface area contributed by atoms with Crippen molar-refractivity contribution in [2.45, 2.75) is 46.1 Å². The second kappa shape index (κ2) is 9.80. The summed E-state index contributed by atoms with van der Waals surface area (Å²) in [6.07, 6.45) is 0. The number of nitrogens with zero attached hydrogens (tertiary/aromatic N) is 2. The van der Waals surface area contributed by atoms with Crippen molar-refractivity contribution in [3.63, 3.8) is 0 Å². The van der Waals surface area contributed by atoms with Crippen molar-refractivity contribution < 1.29 is 19.1 Å². The minimum atomic E-state index is -1.17. The number of carbonyl (C=O) groups excluding carboxylic acids is 3. The van der Waals surface area contributed by atoms with E-state index in [0.29, 0.717) is 28.6 Å². The molecule has 0 N–H and O–H groups in total. The number of hydrogen-bond acceptors (Lipinski definition) is 6. The quantitative estimate of drug-likeness (QED) is 0.164. The number of carbonyl (C=O) groups is 3. The molecular weight excluding hydrogens is 496 g/mol. The molecule has 3 aromatic carbocycles. The molecule has 194 valence electrons. The number of Topliss-reactive ketones (excluding diaryl/α,β-unsaturated/α-hetero) is 2. The lowest BCUT2D eigenvalue weighted by Crippen LogP contribution is -2.30. The maximum atomic E-state index is 13.8. The molecule has 5 rings (SSSR count). The highest BCUT2D eigenvalue weighted by molar-refractivity contribution is 7.22. The van der Waals surface area contributed by atoms with Crippen LogP contribution in [0.4, 0.5) is 5.13 Å². The lowest BCUT2D eigenvalue weighted by atomic mass is 9.83. The molecule has 1 saturated heterocycles. The van der Waals surface area contributed by atoms with Crippen LogP contribution >= 0.6 is 11.3 Å². The van der Waals surface area contributed by atoms with Gasteiger partial charge >= 0.3 is 0 Å². The van der Waals surface area contributed by atoms with Crippen molar-refractivity contribution in [2.75, 3.05) is 11.5 Å². The Morgan fingerprint density at radius 3 is 2.32 bits per heavy atom. The topological polar surface area (TPSA) is 76.6 Å². The Bertz CT molecular complexity index is 1530. The first-order valence-corrected chi connectivity index (χ1v) is 13.5. The standard InChI is InChI=1S/C31H30N2O4S/c1-6-37-22-15-16-23-24(17-22)38-30(32-23)33-26(19-11-13-21(14-12-19)31(3,4)5)25(28(35)29(33)36)27(34)20-9-7-18(2)8-10-20/h7-17,25-26H,6H2,1-5H3. The Morgan fingerprint density at radius 1 is 1.00 bits per heavy atom. The second-order valence-electron chi connectivity index (χ2n) is 10.6. The maximum absolute atomic E-state index is 13.8. The number of ether oxygens (including phenoxy) is 1. The highest BCUT2D eigenvalue weighted by atomic mass is 32.1. The summed E-state index contributed by atoms with van der Waals surface area (Å²) in [6, 6.07) is 19.7. The second-order valence-corrected chi connectivity index (χ2v) is 11.6. The van der Waals surface area contributed by atoms with Crippen LogP contribution in [0.25, 0.3) is 10.2 Å². The fourth-order valence-corrected chi connectivity index (χ4v) is 5.84. The third-order valence-electron chi connectivity index (χ3n) is 6.91. The Kier molecular flexibility index (Phi) is 6.65. The molecule has 38 heavy (non-hydrogen) atoms. The lowest BCUT2D eigenvalue weighted by molar-refractivity contribution is -0.135. The molecule has 1 aromatic heterocycles. The highest BCUT2D eigenvalue weighted by Crippen LogP contribution is 2.44. The smallest absolute Gasteiger partial charge is 0.297 e. The van der Waals surface area contributed by atoms with Crippen LogP contribution in [-0.2, 0) is 15.0 Å². The summed E-state index contributed by atoms with van der Waals surface area (Å²) in [7, 11) is 0. The van der Waals surface area contributed by atoms with Crippen molar-refractivity contribution in [3.05, 3.63) is 89.0 Å². The molecule has 0 spiro atoms. The zero-order valence-corrected chi connectivity index (χ0v) is 23.0. The number of fused-ring (bicyclic) bond motifs is 1. The number of anilines is 1. The summed E-state index contributed by atoms with van der Waals surface area (Å²) in [5.41, 5.74) is 3.88. The molecule has 1 aliphatic rings. The molecule has 0 radical (unpaired) electrons. The number of rotatable bonds is 6. The summed E-state index contributed by atoms with van der Waals surface area (Å²) in [6.45, 7) is 10.8. The van der Waals surface area contributed by atoms with Gasteiger partial charge in [-0.05, 0) is 48.6 Å². The molecule has 1 aliphatic heterocycles. The van der Waals surface area contributed by atoms with Crippen molar-refractivity contribution >= 4 is 44.2 Å². The lowest BCUT2D eigenvalue weighted by Gasteiger charge is -2.26. The third kappa shape index (κ3) is 4.63. The summed E-state index contributed by atoms with van der Waals surface area (Å²) in [5.74, 6) is -2.26. The monoisotopic (exact) mass is 526 g/mol. The fourth-order valence-electron chi connectivity index (χ4n) is 4.81. The summed E-state index contributed by atoms with van der Waals surface area (Å²) in [4.78, 5) is 46.9. The average molecular weight is 527 g/mol. The summed E-state index contributed by atoms with van der Waals surface area (Å²) < 4.78 is 6.46. The predicted molar refractivity (Wildman–Crippen MR) is 150 cm³/mol. The Hall–Kier alpha value is -3.84. The summed E-state index contributed by atoms with van der Waals surface area (Å²) in [5, 5.41) is 0.385. The minimum Gasteiger partial charge on any atom is -0.494 e. The molecule has 6 nitrogen and oxygen atoms in total. The van der Waals surface area contributed by atoms with E-state index in [1.54, 1.807) is 12.1 Å². The van der Waals surface area contributed by atoms with Gasteiger partial charge in [0.2, 0.25) is 5.78 Å². The van der Waals surface area contributed by atoms with E-state index in [0.717, 1.165) is 21.4 Å². The Labute approximate surface area is 226 Å². The van der Waals surface area contributed by atoms with Gasteiger partial charge in [-0.25, -0.2) is 4.98 Å². The average Bonchev–Trinajstić information content (AvgIpc) is 3.41. The van der Waals surface area contributed by atoms with E-state index >= 15 is 0 Å². The molecule has 1 fully saturated rings. The molecule has 0 bridgehead atoms. The Morgan fingerprint density at radius 2 is 1.68 bits per heavy atom. The fraction of sp³-hybridized carbons (Fsp3) is 0.290. The van der Waals surface area contributed by atoms with Crippen molar-refractivity contribution in [2.24, 2.45) is 5.92 Å². The van der Waals surface area contributed by atoms with Gasteiger partial charge in [-0.2, -0.15) is 0 Å². The molecular formula is C31H30N2O4S. The van der Waals surface area contributed by atoms with Crippen LogP contribution < -0.4 is 9.64 Å². The van der Waals surface area contributed by atoms with Crippen molar-refractivity contribution in [1.29, 1.82) is 0 Å². The van der Waals surface area contributed by atoms with Crippen LogP contribution in [0.1, 0.15) is 60.8 Å². The number of aryl methyl sites for hydroxylation is 1. The van der Waals surface area contributed by atoms with E-state index < -0.39 is 23.7 Å². The van der Waals surface area contributed by atoms with Gasteiger partial charge in [0.1, 0.15) is 11.7 Å². The number of ketones is 2. The molecule has 2 heterocycles. The Balaban J connectivity index is 1.63. The number of thiazole rings is 1. The minimum absolute atomic E-state index is 0.0675. The number of amides is 1. The molecule has 2 atom stereocenters. The predicted octanol–water partition coefficient (Wildman–Crippen LogP) is 6.46. The van der Waals surface area contributed by atoms with E-state index in [2.05, 4.69) is 20.8 Å². The van der Waals surface area contributed by atoms with Gasteiger partial charge in [0, 0.05) is 5.56 Å².